The third-order valence-electron chi connectivity index (χ3n) is 4.71. The van der Waals surface area contributed by atoms with E-state index in [1.54, 1.807) is 0 Å². The third-order valence-corrected chi connectivity index (χ3v) is 4.71. The Morgan fingerprint density at radius 1 is 1.22 bits per heavy atom. The molecule has 0 aromatic heterocycles. The Morgan fingerprint density at radius 2 is 1.93 bits per heavy atom. The lowest BCUT2D eigenvalue weighted by Crippen LogP contribution is -2.42. The molecule has 1 aliphatic rings. The second-order valence-corrected chi connectivity index (χ2v) is 6.52. The van der Waals surface area contributed by atoms with Gasteiger partial charge >= 0.3 is 0 Å². The molecule has 1 aliphatic heterocycles. The maximum Gasteiger partial charge on any atom is 0.270 e. The number of phenolic OH excluding ortho intramolecular Hbond substituents is 1. The standard InChI is InChI=1S/C20H23N3O4/c1-15(21-14-17-13-18(23(25)26)7-8-19(17)24)20(16-5-3-2-4-6-16)22-9-11-27-12-10-22/h2-8,13-15,20,24H,9-12H2,1H3/t15-,20+/m0/s1. The fraction of sp³-hybridized carbons (Fsp3) is 0.350. The Bertz CT molecular complexity index is 804. The van der Waals surface area contributed by atoms with E-state index in [4.69, 9.17) is 4.74 Å². The molecule has 2 aromatic rings. The SMILES string of the molecule is C[C@H](N=Cc1cc([N+](=O)[O-])ccc1O)[C@H](c1ccccc1)N1CCOCC1. The number of nitrogens with zero attached hydrogens (tertiary/aromatic N) is 3. The van der Waals surface area contributed by atoms with Gasteiger partial charge in [-0.1, -0.05) is 30.3 Å². The van der Waals surface area contributed by atoms with Crippen molar-refractivity contribution in [2.75, 3.05) is 26.3 Å². The molecule has 142 valence electrons. The molecule has 1 heterocycles. The van der Waals surface area contributed by atoms with E-state index in [2.05, 4.69) is 22.0 Å². The highest BCUT2D eigenvalue weighted by Gasteiger charge is 2.27. The van der Waals surface area contributed by atoms with Crippen molar-refractivity contribution in [2.24, 2.45) is 4.99 Å². The van der Waals surface area contributed by atoms with E-state index in [-0.39, 0.29) is 23.5 Å². The van der Waals surface area contributed by atoms with E-state index in [0.29, 0.717) is 18.8 Å². The van der Waals surface area contributed by atoms with Crippen molar-refractivity contribution in [3.8, 4) is 5.75 Å². The van der Waals surface area contributed by atoms with Crippen molar-refractivity contribution in [1.29, 1.82) is 0 Å². The molecular weight excluding hydrogens is 346 g/mol. The molecular formula is C20H23N3O4. The average molecular weight is 369 g/mol. The van der Waals surface area contributed by atoms with Crippen LogP contribution in [0.1, 0.15) is 24.1 Å². The molecule has 0 spiro atoms. The Balaban J connectivity index is 1.86. The summed E-state index contributed by atoms with van der Waals surface area (Å²) in [6.45, 7) is 5.03. The van der Waals surface area contributed by atoms with Gasteiger partial charge in [0.15, 0.2) is 0 Å². The van der Waals surface area contributed by atoms with Gasteiger partial charge in [-0.25, -0.2) is 0 Å². The first-order valence-electron chi connectivity index (χ1n) is 8.93. The van der Waals surface area contributed by atoms with Gasteiger partial charge in [-0.05, 0) is 18.6 Å². The summed E-state index contributed by atoms with van der Waals surface area (Å²) in [7, 11) is 0. The third kappa shape index (κ3) is 4.69. The summed E-state index contributed by atoms with van der Waals surface area (Å²) in [5.74, 6) is -0.0285. The monoisotopic (exact) mass is 369 g/mol. The van der Waals surface area contributed by atoms with Crippen LogP contribution in [-0.2, 0) is 4.74 Å². The van der Waals surface area contributed by atoms with E-state index >= 15 is 0 Å². The number of non-ortho nitro benzene ring substituents is 1. The first kappa shape index (κ1) is 19.0. The average Bonchev–Trinajstić information content (AvgIpc) is 2.69. The number of benzene rings is 2. The van der Waals surface area contributed by atoms with Crippen LogP contribution in [-0.4, -0.2) is 53.5 Å². The number of phenols is 1. The fourth-order valence-corrected chi connectivity index (χ4v) is 3.34. The van der Waals surface area contributed by atoms with E-state index < -0.39 is 4.92 Å². The number of hydrogen-bond donors (Lipinski definition) is 1. The van der Waals surface area contributed by atoms with Crippen LogP contribution in [0.3, 0.4) is 0 Å². The molecule has 2 aromatic carbocycles. The second-order valence-electron chi connectivity index (χ2n) is 6.52. The summed E-state index contributed by atoms with van der Waals surface area (Å²) >= 11 is 0. The van der Waals surface area contributed by atoms with Crippen LogP contribution in [0.2, 0.25) is 0 Å². The molecule has 0 saturated carbocycles. The molecule has 27 heavy (non-hydrogen) atoms. The normalized spacial score (nSPS) is 17.7. The Labute approximate surface area is 158 Å². The van der Waals surface area contributed by atoms with Crippen LogP contribution >= 0.6 is 0 Å². The van der Waals surface area contributed by atoms with Gasteiger partial charge in [-0.2, -0.15) is 0 Å². The van der Waals surface area contributed by atoms with Crippen molar-refractivity contribution < 1.29 is 14.8 Å². The lowest BCUT2D eigenvalue weighted by Gasteiger charge is -2.37. The van der Waals surface area contributed by atoms with Gasteiger partial charge < -0.3 is 9.84 Å². The predicted octanol–water partition coefficient (Wildman–Crippen LogP) is 3.18. The lowest BCUT2D eigenvalue weighted by atomic mass is 9.98. The van der Waals surface area contributed by atoms with Gasteiger partial charge in [0.25, 0.3) is 5.69 Å². The molecule has 0 amide bonds. The number of nitro benzene ring substituents is 1. The lowest BCUT2D eigenvalue weighted by molar-refractivity contribution is -0.384. The molecule has 2 atom stereocenters. The minimum absolute atomic E-state index is 0.0285. The number of morpholine rings is 1. The van der Waals surface area contributed by atoms with Crippen LogP contribution in [0.5, 0.6) is 5.75 Å². The molecule has 0 bridgehead atoms. The number of nitro groups is 1. The van der Waals surface area contributed by atoms with Crippen molar-refractivity contribution >= 4 is 11.9 Å². The van der Waals surface area contributed by atoms with Crippen molar-refractivity contribution in [2.45, 2.75) is 19.0 Å². The molecule has 1 saturated heterocycles. The van der Waals surface area contributed by atoms with Crippen LogP contribution in [0.25, 0.3) is 0 Å². The summed E-state index contributed by atoms with van der Waals surface area (Å²) in [4.78, 5) is 17.4. The van der Waals surface area contributed by atoms with E-state index in [9.17, 15) is 15.2 Å². The van der Waals surface area contributed by atoms with Gasteiger partial charge in [0.1, 0.15) is 5.75 Å². The quantitative estimate of drug-likeness (QED) is 0.480. The first-order chi connectivity index (χ1) is 13.1. The zero-order chi connectivity index (χ0) is 19.2. The van der Waals surface area contributed by atoms with Gasteiger partial charge in [0.2, 0.25) is 0 Å². The maximum atomic E-state index is 11.0. The molecule has 7 heteroatoms. The van der Waals surface area contributed by atoms with Gasteiger partial charge in [-0.15, -0.1) is 0 Å². The van der Waals surface area contributed by atoms with E-state index in [1.165, 1.54) is 24.4 Å². The Kier molecular flexibility index (Phi) is 6.16. The zero-order valence-corrected chi connectivity index (χ0v) is 15.2. The molecule has 0 unspecified atom stereocenters. The van der Waals surface area contributed by atoms with Crippen LogP contribution < -0.4 is 0 Å². The Hall–Kier alpha value is -2.77. The van der Waals surface area contributed by atoms with Crippen molar-refractivity contribution in [3.05, 3.63) is 69.8 Å². The molecule has 3 rings (SSSR count). The van der Waals surface area contributed by atoms with Crippen molar-refractivity contribution in [1.82, 2.24) is 4.90 Å². The molecule has 1 fully saturated rings. The Morgan fingerprint density at radius 3 is 2.59 bits per heavy atom. The summed E-state index contributed by atoms with van der Waals surface area (Å²) in [5, 5.41) is 21.0. The van der Waals surface area contributed by atoms with Gasteiger partial charge in [0, 0.05) is 37.0 Å². The number of hydrogen-bond acceptors (Lipinski definition) is 6. The highest BCUT2D eigenvalue weighted by Crippen LogP contribution is 2.28. The molecule has 0 radical (unpaired) electrons. The van der Waals surface area contributed by atoms with Gasteiger partial charge in [0.05, 0.1) is 30.2 Å². The highest BCUT2D eigenvalue weighted by molar-refractivity contribution is 5.84. The van der Waals surface area contributed by atoms with Crippen molar-refractivity contribution in [3.63, 3.8) is 0 Å². The van der Waals surface area contributed by atoms with Gasteiger partial charge in [-0.3, -0.25) is 20.0 Å². The topological polar surface area (TPSA) is 88.2 Å². The minimum Gasteiger partial charge on any atom is -0.507 e. The number of aromatic hydroxyl groups is 1. The second kappa shape index (κ2) is 8.75. The van der Waals surface area contributed by atoms with E-state index in [0.717, 1.165) is 18.7 Å². The highest BCUT2D eigenvalue weighted by atomic mass is 16.6. The first-order valence-corrected chi connectivity index (χ1v) is 8.93. The largest absolute Gasteiger partial charge is 0.507 e. The van der Waals surface area contributed by atoms with E-state index in [1.807, 2.05) is 25.1 Å². The maximum absolute atomic E-state index is 11.0. The minimum atomic E-state index is -0.485. The zero-order valence-electron chi connectivity index (χ0n) is 15.2. The summed E-state index contributed by atoms with van der Waals surface area (Å²) < 4.78 is 5.47. The van der Waals surface area contributed by atoms with Crippen LogP contribution in [0, 0.1) is 10.1 Å². The number of rotatable bonds is 6. The molecule has 0 aliphatic carbocycles. The smallest absolute Gasteiger partial charge is 0.270 e. The number of ether oxygens (including phenoxy) is 1. The molecule has 1 N–H and O–H groups in total. The van der Waals surface area contributed by atoms with Crippen LogP contribution in [0.4, 0.5) is 5.69 Å². The fourth-order valence-electron chi connectivity index (χ4n) is 3.34. The number of aliphatic imine (C=N–C) groups is 1. The van der Waals surface area contributed by atoms with Crippen LogP contribution in [0.15, 0.2) is 53.5 Å². The molecule has 7 nitrogen and oxygen atoms in total. The summed E-state index contributed by atoms with van der Waals surface area (Å²) in [6.07, 6.45) is 1.52. The summed E-state index contributed by atoms with van der Waals surface area (Å²) in [5.41, 5.74) is 1.42. The predicted molar refractivity (Wildman–Crippen MR) is 103 cm³/mol. The summed E-state index contributed by atoms with van der Waals surface area (Å²) in [6, 6.07) is 14.0.